The lowest BCUT2D eigenvalue weighted by molar-refractivity contribution is 0.223. The Balaban J connectivity index is 1.84. The summed E-state index contributed by atoms with van der Waals surface area (Å²) in [5.41, 5.74) is 0.0343. The molecule has 0 spiro atoms. The van der Waals surface area contributed by atoms with Gasteiger partial charge in [0.1, 0.15) is 5.82 Å². The molecule has 0 radical (unpaired) electrons. The molecule has 1 aliphatic rings. The maximum atomic E-state index is 4.59. The lowest BCUT2D eigenvalue weighted by atomic mass is 9.96. The van der Waals surface area contributed by atoms with Crippen LogP contribution in [0.25, 0.3) is 0 Å². The maximum absolute atomic E-state index is 4.59. The third kappa shape index (κ3) is 4.42. The summed E-state index contributed by atoms with van der Waals surface area (Å²) in [6, 6.07) is 0.430. The van der Waals surface area contributed by atoms with Gasteiger partial charge in [-0.05, 0) is 32.9 Å². The van der Waals surface area contributed by atoms with Crippen molar-refractivity contribution in [2.75, 3.05) is 25.0 Å². The summed E-state index contributed by atoms with van der Waals surface area (Å²) >= 11 is 1.48. The van der Waals surface area contributed by atoms with E-state index in [9.17, 15) is 0 Å². The molecule has 0 aliphatic carbocycles. The second kappa shape index (κ2) is 6.18. The number of nitrogens with one attached hydrogen (secondary N) is 1. The van der Waals surface area contributed by atoms with E-state index in [1.807, 2.05) is 0 Å². The minimum absolute atomic E-state index is 0.0343. The topological polar surface area (TPSA) is 41.0 Å². The Labute approximate surface area is 120 Å². The molecule has 1 fully saturated rings. The summed E-state index contributed by atoms with van der Waals surface area (Å²) in [6.07, 6.45) is 4.09. The van der Waals surface area contributed by atoms with Crippen LogP contribution in [-0.4, -0.2) is 39.9 Å². The first kappa shape index (κ1) is 14.7. The van der Waals surface area contributed by atoms with Crippen LogP contribution in [0.2, 0.25) is 0 Å². The zero-order chi connectivity index (χ0) is 13.9. The fourth-order valence-electron chi connectivity index (χ4n) is 2.37. The van der Waals surface area contributed by atoms with Crippen molar-refractivity contribution in [3.05, 3.63) is 5.82 Å². The first-order valence-corrected chi connectivity index (χ1v) is 8.05. The third-order valence-corrected chi connectivity index (χ3v) is 4.09. The minimum Gasteiger partial charge on any atom is -0.357 e. The third-order valence-electron chi connectivity index (χ3n) is 3.45. The number of aromatic nitrogens is 2. The number of anilines is 1. The van der Waals surface area contributed by atoms with Crippen LogP contribution < -0.4 is 5.32 Å². The molecule has 2 rings (SSSR count). The van der Waals surface area contributed by atoms with Crippen molar-refractivity contribution >= 4 is 16.7 Å². The first-order valence-electron chi connectivity index (χ1n) is 7.28. The molecule has 1 aromatic heterocycles. The SMILES string of the molecule is CC(CN1CCCCC1)Nc1nc(C(C)(C)C)ns1. The van der Waals surface area contributed by atoms with Crippen molar-refractivity contribution < 1.29 is 0 Å². The van der Waals surface area contributed by atoms with E-state index in [0.29, 0.717) is 6.04 Å². The van der Waals surface area contributed by atoms with Crippen molar-refractivity contribution in [3.63, 3.8) is 0 Å². The summed E-state index contributed by atoms with van der Waals surface area (Å²) in [6.45, 7) is 12.3. The van der Waals surface area contributed by atoms with E-state index < -0.39 is 0 Å². The highest BCUT2D eigenvalue weighted by atomic mass is 32.1. The van der Waals surface area contributed by atoms with Gasteiger partial charge in [0.25, 0.3) is 0 Å². The van der Waals surface area contributed by atoms with E-state index in [4.69, 9.17) is 0 Å². The molecule has 4 nitrogen and oxygen atoms in total. The predicted octanol–water partition coefficient (Wildman–Crippen LogP) is 3.12. The van der Waals surface area contributed by atoms with Gasteiger partial charge in [0.2, 0.25) is 5.13 Å². The van der Waals surface area contributed by atoms with Gasteiger partial charge in [-0.1, -0.05) is 27.2 Å². The maximum Gasteiger partial charge on any atom is 0.202 e. The Kier molecular flexibility index (Phi) is 4.79. The largest absolute Gasteiger partial charge is 0.357 e. The van der Waals surface area contributed by atoms with Gasteiger partial charge in [-0.2, -0.15) is 4.37 Å². The van der Waals surface area contributed by atoms with Gasteiger partial charge in [0.15, 0.2) is 0 Å². The molecular weight excluding hydrogens is 256 g/mol. The van der Waals surface area contributed by atoms with E-state index in [2.05, 4.69) is 47.3 Å². The van der Waals surface area contributed by atoms with E-state index in [1.165, 1.54) is 43.9 Å². The number of hydrogen-bond acceptors (Lipinski definition) is 5. The number of hydrogen-bond donors (Lipinski definition) is 1. The lowest BCUT2D eigenvalue weighted by Crippen LogP contribution is -2.38. The van der Waals surface area contributed by atoms with Gasteiger partial charge >= 0.3 is 0 Å². The van der Waals surface area contributed by atoms with Gasteiger partial charge in [0.05, 0.1) is 0 Å². The molecule has 19 heavy (non-hydrogen) atoms. The lowest BCUT2D eigenvalue weighted by Gasteiger charge is -2.29. The van der Waals surface area contributed by atoms with Crippen LogP contribution in [0, 0.1) is 0 Å². The fourth-order valence-corrected chi connectivity index (χ4v) is 3.24. The molecule has 0 bridgehead atoms. The number of nitrogens with zero attached hydrogens (tertiary/aromatic N) is 3. The summed E-state index contributed by atoms with van der Waals surface area (Å²) in [5.74, 6) is 0.935. The molecule has 1 N–H and O–H groups in total. The standard InChI is InChI=1S/C14H26N4S/c1-11(10-18-8-6-5-7-9-18)15-13-16-12(17-19-13)14(2,3)4/h11H,5-10H2,1-4H3,(H,15,16,17). The van der Waals surface area contributed by atoms with Crippen LogP contribution in [0.1, 0.15) is 52.8 Å². The highest BCUT2D eigenvalue weighted by molar-refractivity contribution is 7.09. The highest BCUT2D eigenvalue weighted by Gasteiger charge is 2.20. The van der Waals surface area contributed by atoms with Crippen molar-refractivity contribution in [3.8, 4) is 0 Å². The van der Waals surface area contributed by atoms with E-state index in [-0.39, 0.29) is 5.41 Å². The van der Waals surface area contributed by atoms with Crippen LogP contribution >= 0.6 is 11.5 Å². The molecule has 0 amide bonds. The molecular formula is C14H26N4S. The smallest absolute Gasteiger partial charge is 0.202 e. The highest BCUT2D eigenvalue weighted by Crippen LogP contribution is 2.23. The Morgan fingerprint density at radius 2 is 1.95 bits per heavy atom. The summed E-state index contributed by atoms with van der Waals surface area (Å²) in [4.78, 5) is 7.14. The van der Waals surface area contributed by atoms with Crippen LogP contribution in [0.15, 0.2) is 0 Å². The van der Waals surface area contributed by atoms with Crippen LogP contribution in [0.3, 0.4) is 0 Å². The second-order valence-corrected chi connectivity index (χ2v) is 7.33. The van der Waals surface area contributed by atoms with Gasteiger partial charge < -0.3 is 10.2 Å². The molecule has 0 aromatic carbocycles. The predicted molar refractivity (Wildman–Crippen MR) is 82.0 cm³/mol. The molecule has 1 unspecified atom stereocenters. The number of piperidine rings is 1. The van der Waals surface area contributed by atoms with Crippen molar-refractivity contribution in [1.29, 1.82) is 0 Å². The average molecular weight is 282 g/mol. The van der Waals surface area contributed by atoms with Gasteiger partial charge in [-0.25, -0.2) is 4.98 Å². The molecule has 108 valence electrons. The Hall–Kier alpha value is -0.680. The van der Waals surface area contributed by atoms with E-state index in [1.54, 1.807) is 0 Å². The Morgan fingerprint density at radius 3 is 2.53 bits per heavy atom. The summed E-state index contributed by atoms with van der Waals surface area (Å²) < 4.78 is 4.44. The monoisotopic (exact) mass is 282 g/mol. The van der Waals surface area contributed by atoms with Gasteiger partial charge in [-0.15, -0.1) is 0 Å². The molecule has 1 aliphatic heterocycles. The average Bonchev–Trinajstić information content (AvgIpc) is 2.78. The first-order chi connectivity index (χ1) is 8.95. The Bertz CT molecular complexity index is 390. The Morgan fingerprint density at radius 1 is 1.26 bits per heavy atom. The molecule has 5 heteroatoms. The quantitative estimate of drug-likeness (QED) is 0.921. The number of rotatable bonds is 4. The van der Waals surface area contributed by atoms with Crippen molar-refractivity contribution in [2.24, 2.45) is 0 Å². The molecule has 1 saturated heterocycles. The fraction of sp³-hybridized carbons (Fsp3) is 0.857. The van der Waals surface area contributed by atoms with Crippen LogP contribution in [0.4, 0.5) is 5.13 Å². The molecule has 1 atom stereocenters. The van der Waals surface area contributed by atoms with Crippen LogP contribution in [0.5, 0.6) is 0 Å². The van der Waals surface area contributed by atoms with Crippen molar-refractivity contribution in [2.45, 2.75) is 58.4 Å². The van der Waals surface area contributed by atoms with Gasteiger partial charge in [0, 0.05) is 29.5 Å². The second-order valence-electron chi connectivity index (χ2n) is 6.58. The normalized spacial score (nSPS) is 19.4. The summed E-state index contributed by atoms with van der Waals surface area (Å²) in [7, 11) is 0. The van der Waals surface area contributed by atoms with E-state index in [0.717, 1.165) is 17.5 Å². The zero-order valence-corrected chi connectivity index (χ0v) is 13.4. The van der Waals surface area contributed by atoms with Crippen LogP contribution in [-0.2, 0) is 5.41 Å². The van der Waals surface area contributed by atoms with Crippen molar-refractivity contribution in [1.82, 2.24) is 14.3 Å². The van der Waals surface area contributed by atoms with E-state index >= 15 is 0 Å². The minimum atomic E-state index is 0.0343. The molecule has 2 heterocycles. The summed E-state index contributed by atoms with van der Waals surface area (Å²) in [5, 5.41) is 4.44. The number of likely N-dealkylation sites (tertiary alicyclic amines) is 1. The molecule has 0 saturated carbocycles. The zero-order valence-electron chi connectivity index (χ0n) is 12.6. The molecule has 1 aromatic rings. The van der Waals surface area contributed by atoms with Gasteiger partial charge in [-0.3, -0.25) is 0 Å².